The van der Waals surface area contributed by atoms with Gasteiger partial charge in [-0.2, -0.15) is 0 Å². The highest BCUT2D eigenvalue weighted by molar-refractivity contribution is 5.95. The summed E-state index contributed by atoms with van der Waals surface area (Å²) in [5, 5.41) is 0. The maximum absolute atomic E-state index is 12.8. The number of carbonyl (C=O) groups is 1. The van der Waals surface area contributed by atoms with Crippen LogP contribution in [0.4, 0.5) is 0 Å². The van der Waals surface area contributed by atoms with Crippen LogP contribution in [0.3, 0.4) is 0 Å². The summed E-state index contributed by atoms with van der Waals surface area (Å²) in [6.45, 7) is 3.59. The van der Waals surface area contributed by atoms with Crippen molar-refractivity contribution in [2.45, 2.75) is 57.6 Å². The number of rotatable bonds is 5. The minimum atomic E-state index is 0. The minimum absolute atomic E-state index is 0. The molecule has 26 heavy (non-hydrogen) atoms. The topological polar surface area (TPSA) is 64.8 Å². The Morgan fingerprint density at radius 1 is 1.15 bits per heavy atom. The van der Waals surface area contributed by atoms with Crippen molar-refractivity contribution in [3.63, 3.8) is 0 Å². The molecule has 0 radical (unpaired) electrons. The largest absolute Gasteiger partial charge is 0.493 e. The van der Waals surface area contributed by atoms with Crippen molar-refractivity contribution in [2.75, 3.05) is 20.2 Å². The molecule has 0 spiro atoms. The lowest BCUT2D eigenvalue weighted by atomic mass is 9.90. The third-order valence-electron chi connectivity index (χ3n) is 5.58. The molecule has 1 heterocycles. The second kappa shape index (κ2) is 9.47. The van der Waals surface area contributed by atoms with Gasteiger partial charge in [0, 0.05) is 24.7 Å². The Bertz CT molecular complexity index is 595. The zero-order valence-corrected chi connectivity index (χ0v) is 16.6. The smallest absolute Gasteiger partial charge is 0.253 e. The van der Waals surface area contributed by atoms with E-state index >= 15 is 0 Å². The van der Waals surface area contributed by atoms with E-state index in [2.05, 4.69) is 6.92 Å². The van der Waals surface area contributed by atoms with Crippen molar-refractivity contribution >= 4 is 18.3 Å². The summed E-state index contributed by atoms with van der Waals surface area (Å²) in [4.78, 5) is 14.7. The van der Waals surface area contributed by atoms with Crippen LogP contribution in [0.15, 0.2) is 18.2 Å². The van der Waals surface area contributed by atoms with Gasteiger partial charge in [0.2, 0.25) is 0 Å². The van der Waals surface area contributed by atoms with Crippen molar-refractivity contribution in [3.05, 3.63) is 23.8 Å². The van der Waals surface area contributed by atoms with Crippen molar-refractivity contribution in [2.24, 2.45) is 11.7 Å². The second-order valence-corrected chi connectivity index (χ2v) is 7.38. The van der Waals surface area contributed by atoms with Crippen LogP contribution in [-0.2, 0) is 0 Å². The lowest BCUT2D eigenvalue weighted by Gasteiger charge is -2.33. The van der Waals surface area contributed by atoms with Gasteiger partial charge in [-0.15, -0.1) is 12.4 Å². The van der Waals surface area contributed by atoms with Gasteiger partial charge in [0.1, 0.15) is 0 Å². The molecular weight excluding hydrogens is 352 g/mol. The minimum Gasteiger partial charge on any atom is -0.493 e. The highest BCUT2D eigenvalue weighted by Crippen LogP contribution is 2.33. The molecule has 1 aliphatic carbocycles. The summed E-state index contributed by atoms with van der Waals surface area (Å²) < 4.78 is 11.5. The molecular formula is C20H31ClN2O3. The van der Waals surface area contributed by atoms with E-state index in [4.69, 9.17) is 15.2 Å². The van der Waals surface area contributed by atoms with E-state index in [1.54, 1.807) is 7.11 Å². The van der Waals surface area contributed by atoms with Crippen LogP contribution in [0.25, 0.3) is 0 Å². The number of piperidine rings is 1. The SMILES string of the molecule is COc1cc(C(=O)N2CCC(C(C)N)CC2)ccc1OC1CCCC1.Cl. The lowest BCUT2D eigenvalue weighted by molar-refractivity contribution is 0.0680. The van der Waals surface area contributed by atoms with Crippen LogP contribution in [0.5, 0.6) is 11.5 Å². The van der Waals surface area contributed by atoms with Gasteiger partial charge < -0.3 is 20.1 Å². The second-order valence-electron chi connectivity index (χ2n) is 7.38. The van der Waals surface area contributed by atoms with Crippen LogP contribution in [0, 0.1) is 5.92 Å². The van der Waals surface area contributed by atoms with Gasteiger partial charge in [-0.1, -0.05) is 0 Å². The number of carbonyl (C=O) groups excluding carboxylic acids is 1. The standard InChI is InChI=1S/C20H30N2O3.ClH/c1-14(21)15-9-11-22(12-10-15)20(23)16-7-8-18(19(13-16)24-2)25-17-5-3-4-6-17;/h7-8,13-15,17H,3-6,9-12,21H2,1-2H3;1H. The molecule has 1 amide bonds. The van der Waals surface area contributed by atoms with Crippen LogP contribution in [0.2, 0.25) is 0 Å². The van der Waals surface area contributed by atoms with Crippen LogP contribution >= 0.6 is 12.4 Å². The number of amides is 1. The molecule has 146 valence electrons. The lowest BCUT2D eigenvalue weighted by Crippen LogP contribution is -2.42. The molecule has 0 bridgehead atoms. The van der Waals surface area contributed by atoms with Gasteiger partial charge in [0.15, 0.2) is 11.5 Å². The molecule has 1 aromatic carbocycles. The molecule has 5 nitrogen and oxygen atoms in total. The Morgan fingerprint density at radius 2 is 1.81 bits per heavy atom. The van der Waals surface area contributed by atoms with Gasteiger partial charge in [-0.05, 0) is 69.6 Å². The Morgan fingerprint density at radius 3 is 2.38 bits per heavy atom. The van der Waals surface area contributed by atoms with Gasteiger partial charge in [-0.3, -0.25) is 4.79 Å². The molecule has 3 rings (SSSR count). The van der Waals surface area contributed by atoms with E-state index in [0.29, 0.717) is 17.2 Å². The number of nitrogens with zero attached hydrogens (tertiary/aromatic N) is 1. The van der Waals surface area contributed by atoms with E-state index < -0.39 is 0 Å². The first-order valence-electron chi connectivity index (χ1n) is 9.48. The van der Waals surface area contributed by atoms with Crippen LogP contribution in [-0.4, -0.2) is 43.2 Å². The average molecular weight is 383 g/mol. The van der Waals surface area contributed by atoms with Gasteiger partial charge in [-0.25, -0.2) is 0 Å². The zero-order valence-electron chi connectivity index (χ0n) is 15.8. The first kappa shape index (κ1) is 20.8. The zero-order chi connectivity index (χ0) is 17.8. The molecule has 2 N–H and O–H groups in total. The molecule has 1 saturated carbocycles. The number of benzene rings is 1. The number of likely N-dealkylation sites (tertiary alicyclic amines) is 1. The number of hydrogen-bond acceptors (Lipinski definition) is 4. The predicted octanol–water partition coefficient (Wildman–Crippen LogP) is 3.64. The number of halogens is 1. The van der Waals surface area contributed by atoms with Crippen LogP contribution in [0.1, 0.15) is 55.8 Å². The first-order valence-corrected chi connectivity index (χ1v) is 9.48. The molecule has 1 atom stereocenters. The van der Waals surface area contributed by atoms with Gasteiger partial charge >= 0.3 is 0 Å². The summed E-state index contributed by atoms with van der Waals surface area (Å²) in [6, 6.07) is 5.74. The molecule has 1 saturated heterocycles. The monoisotopic (exact) mass is 382 g/mol. The number of hydrogen-bond donors (Lipinski definition) is 1. The van der Waals surface area contributed by atoms with E-state index in [0.717, 1.165) is 44.5 Å². The number of nitrogens with two attached hydrogens (primary N) is 1. The van der Waals surface area contributed by atoms with Crippen molar-refractivity contribution in [1.29, 1.82) is 0 Å². The highest BCUT2D eigenvalue weighted by atomic mass is 35.5. The molecule has 6 heteroatoms. The Balaban J connectivity index is 0.00000243. The quantitative estimate of drug-likeness (QED) is 0.844. The maximum Gasteiger partial charge on any atom is 0.253 e. The third-order valence-corrected chi connectivity index (χ3v) is 5.58. The average Bonchev–Trinajstić information content (AvgIpc) is 3.14. The summed E-state index contributed by atoms with van der Waals surface area (Å²) in [6.07, 6.45) is 6.86. The number of ether oxygens (including phenoxy) is 2. The molecule has 2 fully saturated rings. The molecule has 0 aromatic heterocycles. The normalized spacial score (nSPS) is 19.7. The Labute approximate surface area is 162 Å². The first-order chi connectivity index (χ1) is 12.1. The Hall–Kier alpha value is -1.46. The van der Waals surface area contributed by atoms with Gasteiger partial charge in [0.25, 0.3) is 5.91 Å². The summed E-state index contributed by atoms with van der Waals surface area (Å²) in [5.74, 6) is 1.96. The molecule has 1 aliphatic heterocycles. The molecule has 1 aromatic rings. The molecule has 2 aliphatic rings. The fourth-order valence-electron chi connectivity index (χ4n) is 3.89. The fourth-order valence-corrected chi connectivity index (χ4v) is 3.89. The van der Waals surface area contributed by atoms with Crippen LogP contribution < -0.4 is 15.2 Å². The van der Waals surface area contributed by atoms with E-state index in [1.807, 2.05) is 23.1 Å². The molecule has 1 unspecified atom stereocenters. The Kier molecular flexibility index (Phi) is 7.59. The van der Waals surface area contributed by atoms with Gasteiger partial charge in [0.05, 0.1) is 13.2 Å². The summed E-state index contributed by atoms with van der Waals surface area (Å²) >= 11 is 0. The summed E-state index contributed by atoms with van der Waals surface area (Å²) in [7, 11) is 1.62. The van der Waals surface area contributed by atoms with Crippen molar-refractivity contribution in [1.82, 2.24) is 4.90 Å². The van der Waals surface area contributed by atoms with E-state index in [-0.39, 0.29) is 30.5 Å². The van der Waals surface area contributed by atoms with E-state index in [1.165, 1.54) is 12.8 Å². The highest BCUT2D eigenvalue weighted by Gasteiger charge is 2.26. The number of methoxy groups -OCH3 is 1. The summed E-state index contributed by atoms with van der Waals surface area (Å²) in [5.41, 5.74) is 6.65. The van der Waals surface area contributed by atoms with E-state index in [9.17, 15) is 4.79 Å². The maximum atomic E-state index is 12.8. The third kappa shape index (κ3) is 4.83. The van der Waals surface area contributed by atoms with Crippen molar-refractivity contribution < 1.29 is 14.3 Å². The predicted molar refractivity (Wildman–Crippen MR) is 105 cm³/mol. The van der Waals surface area contributed by atoms with Crippen molar-refractivity contribution in [3.8, 4) is 11.5 Å². The fraction of sp³-hybridized carbons (Fsp3) is 0.650.